The SMILES string of the molecule is CN=C(NCc1ccnn1C)N(C)CCOCC1CC1. The van der Waals surface area contributed by atoms with Gasteiger partial charge in [-0.15, -0.1) is 0 Å². The summed E-state index contributed by atoms with van der Waals surface area (Å²) >= 11 is 0. The molecule has 1 aliphatic rings. The van der Waals surface area contributed by atoms with E-state index in [1.165, 1.54) is 12.8 Å². The van der Waals surface area contributed by atoms with Gasteiger partial charge in [0.25, 0.3) is 0 Å². The fourth-order valence-corrected chi connectivity index (χ4v) is 1.97. The lowest BCUT2D eigenvalue weighted by atomic mass is 10.4. The molecule has 0 amide bonds. The third kappa shape index (κ3) is 4.52. The molecule has 6 nitrogen and oxygen atoms in total. The number of hydrogen-bond acceptors (Lipinski definition) is 3. The molecule has 2 rings (SSSR count). The first-order chi connectivity index (χ1) is 9.70. The average Bonchev–Trinajstić information content (AvgIpc) is 3.18. The van der Waals surface area contributed by atoms with E-state index in [4.69, 9.17) is 4.74 Å². The smallest absolute Gasteiger partial charge is 0.193 e. The van der Waals surface area contributed by atoms with Gasteiger partial charge >= 0.3 is 0 Å². The molecule has 1 aromatic rings. The van der Waals surface area contributed by atoms with Crippen molar-refractivity contribution in [2.24, 2.45) is 18.0 Å². The zero-order valence-electron chi connectivity index (χ0n) is 12.7. The third-order valence-corrected chi connectivity index (χ3v) is 3.54. The minimum Gasteiger partial charge on any atom is -0.379 e. The van der Waals surface area contributed by atoms with Crippen LogP contribution in [0.15, 0.2) is 17.3 Å². The molecule has 112 valence electrons. The maximum atomic E-state index is 5.65. The number of aryl methyl sites for hydroxylation is 1. The second kappa shape index (κ2) is 7.28. The predicted octanol–water partition coefficient (Wildman–Crippen LogP) is 0.854. The van der Waals surface area contributed by atoms with Crippen LogP contribution < -0.4 is 5.32 Å². The summed E-state index contributed by atoms with van der Waals surface area (Å²) in [5.74, 6) is 1.70. The fourth-order valence-electron chi connectivity index (χ4n) is 1.97. The molecule has 1 fully saturated rings. The number of ether oxygens (including phenoxy) is 1. The van der Waals surface area contributed by atoms with Crippen molar-refractivity contribution in [2.75, 3.05) is 33.9 Å². The summed E-state index contributed by atoms with van der Waals surface area (Å²) < 4.78 is 7.51. The molecule has 0 spiro atoms. The van der Waals surface area contributed by atoms with E-state index in [-0.39, 0.29) is 0 Å². The standard InChI is InChI=1S/C14H25N5O/c1-15-14(16-10-13-6-7-17-19(13)3)18(2)8-9-20-11-12-4-5-12/h6-7,12H,4-5,8-11H2,1-3H3,(H,15,16). The van der Waals surface area contributed by atoms with Crippen LogP contribution in [-0.4, -0.2) is 54.5 Å². The molecular formula is C14H25N5O. The number of guanidine groups is 1. The van der Waals surface area contributed by atoms with Gasteiger partial charge in [0.15, 0.2) is 5.96 Å². The van der Waals surface area contributed by atoms with Crippen LogP contribution in [0, 0.1) is 5.92 Å². The van der Waals surface area contributed by atoms with Crippen LogP contribution in [0.3, 0.4) is 0 Å². The Morgan fingerprint density at radius 2 is 2.40 bits per heavy atom. The Morgan fingerprint density at radius 1 is 1.60 bits per heavy atom. The van der Waals surface area contributed by atoms with Crippen LogP contribution in [0.1, 0.15) is 18.5 Å². The first-order valence-corrected chi connectivity index (χ1v) is 7.17. The predicted molar refractivity (Wildman–Crippen MR) is 79.6 cm³/mol. The van der Waals surface area contributed by atoms with Gasteiger partial charge in [0.05, 0.1) is 18.8 Å². The van der Waals surface area contributed by atoms with Crippen molar-refractivity contribution in [1.29, 1.82) is 0 Å². The van der Waals surface area contributed by atoms with E-state index in [1.807, 2.05) is 24.8 Å². The van der Waals surface area contributed by atoms with Gasteiger partial charge in [-0.25, -0.2) is 0 Å². The van der Waals surface area contributed by atoms with Gasteiger partial charge in [-0.1, -0.05) is 0 Å². The van der Waals surface area contributed by atoms with E-state index in [9.17, 15) is 0 Å². The van der Waals surface area contributed by atoms with Crippen molar-refractivity contribution >= 4 is 5.96 Å². The maximum absolute atomic E-state index is 5.65. The van der Waals surface area contributed by atoms with Crippen molar-refractivity contribution in [3.05, 3.63) is 18.0 Å². The van der Waals surface area contributed by atoms with Gasteiger partial charge < -0.3 is 15.0 Å². The molecule has 1 aliphatic carbocycles. The molecule has 1 heterocycles. The van der Waals surface area contributed by atoms with Crippen molar-refractivity contribution in [3.8, 4) is 0 Å². The van der Waals surface area contributed by atoms with Crippen molar-refractivity contribution < 1.29 is 4.74 Å². The summed E-state index contributed by atoms with van der Waals surface area (Å²) in [5.41, 5.74) is 1.13. The summed E-state index contributed by atoms with van der Waals surface area (Å²) in [6.07, 6.45) is 4.47. The Morgan fingerprint density at radius 3 is 3.00 bits per heavy atom. The highest BCUT2D eigenvalue weighted by Gasteiger charge is 2.21. The average molecular weight is 279 g/mol. The highest BCUT2D eigenvalue weighted by molar-refractivity contribution is 5.79. The topological polar surface area (TPSA) is 54.7 Å². The minimum absolute atomic E-state index is 0.719. The maximum Gasteiger partial charge on any atom is 0.193 e. The molecule has 20 heavy (non-hydrogen) atoms. The second-order valence-corrected chi connectivity index (χ2v) is 5.29. The van der Waals surface area contributed by atoms with Gasteiger partial charge in [-0.3, -0.25) is 9.67 Å². The Kier molecular flexibility index (Phi) is 5.40. The summed E-state index contributed by atoms with van der Waals surface area (Å²) in [5, 5.41) is 7.49. The van der Waals surface area contributed by atoms with Crippen molar-refractivity contribution in [1.82, 2.24) is 20.0 Å². The first-order valence-electron chi connectivity index (χ1n) is 7.17. The van der Waals surface area contributed by atoms with Crippen LogP contribution in [0.4, 0.5) is 0 Å². The van der Waals surface area contributed by atoms with Gasteiger partial charge in [0.1, 0.15) is 0 Å². The Balaban J connectivity index is 1.68. The van der Waals surface area contributed by atoms with Crippen molar-refractivity contribution in [3.63, 3.8) is 0 Å². The Labute approximate surface area is 120 Å². The third-order valence-electron chi connectivity index (χ3n) is 3.54. The first kappa shape index (κ1) is 14.8. The van der Waals surface area contributed by atoms with Gasteiger partial charge in [-0.05, 0) is 24.8 Å². The van der Waals surface area contributed by atoms with Gasteiger partial charge in [0, 0.05) is 40.5 Å². The van der Waals surface area contributed by atoms with Crippen LogP contribution in [0.2, 0.25) is 0 Å². The van der Waals surface area contributed by atoms with Gasteiger partial charge in [-0.2, -0.15) is 5.10 Å². The van der Waals surface area contributed by atoms with Gasteiger partial charge in [0.2, 0.25) is 0 Å². The lowest BCUT2D eigenvalue weighted by Gasteiger charge is -2.22. The number of likely N-dealkylation sites (N-methyl/N-ethyl adjacent to an activating group) is 1. The lowest BCUT2D eigenvalue weighted by molar-refractivity contribution is 0.115. The van der Waals surface area contributed by atoms with E-state index >= 15 is 0 Å². The highest BCUT2D eigenvalue weighted by atomic mass is 16.5. The van der Waals surface area contributed by atoms with Crippen molar-refractivity contribution in [2.45, 2.75) is 19.4 Å². The zero-order valence-corrected chi connectivity index (χ0v) is 12.7. The number of aromatic nitrogens is 2. The van der Waals surface area contributed by atoms with E-state index in [0.29, 0.717) is 0 Å². The molecule has 1 N–H and O–H groups in total. The summed E-state index contributed by atoms with van der Waals surface area (Å²) in [6, 6.07) is 2.00. The van der Waals surface area contributed by atoms with E-state index < -0.39 is 0 Å². The molecule has 0 saturated heterocycles. The number of hydrogen-bond donors (Lipinski definition) is 1. The second-order valence-electron chi connectivity index (χ2n) is 5.29. The lowest BCUT2D eigenvalue weighted by Crippen LogP contribution is -2.40. The number of nitrogens with zero attached hydrogens (tertiary/aromatic N) is 4. The molecule has 0 radical (unpaired) electrons. The molecule has 0 aliphatic heterocycles. The molecule has 0 aromatic carbocycles. The molecular weight excluding hydrogens is 254 g/mol. The highest BCUT2D eigenvalue weighted by Crippen LogP contribution is 2.28. The van der Waals surface area contributed by atoms with Crippen LogP contribution in [-0.2, 0) is 18.3 Å². The molecule has 6 heteroatoms. The number of aliphatic imine (C=N–C) groups is 1. The molecule has 1 aromatic heterocycles. The van der Waals surface area contributed by atoms with Crippen LogP contribution >= 0.6 is 0 Å². The monoisotopic (exact) mass is 279 g/mol. The summed E-state index contributed by atoms with van der Waals surface area (Å²) in [7, 11) is 5.77. The minimum atomic E-state index is 0.719. The number of nitrogens with one attached hydrogen (secondary N) is 1. The molecule has 1 saturated carbocycles. The molecule has 0 atom stereocenters. The van der Waals surface area contributed by atoms with E-state index in [2.05, 4.69) is 20.3 Å². The largest absolute Gasteiger partial charge is 0.379 e. The number of rotatable bonds is 7. The normalized spacial score (nSPS) is 15.4. The quantitative estimate of drug-likeness (QED) is 0.457. The van der Waals surface area contributed by atoms with Crippen LogP contribution in [0.25, 0.3) is 0 Å². The Hall–Kier alpha value is -1.56. The van der Waals surface area contributed by atoms with E-state index in [0.717, 1.165) is 43.9 Å². The zero-order chi connectivity index (χ0) is 14.4. The summed E-state index contributed by atoms with van der Waals surface area (Å²) in [4.78, 5) is 6.38. The summed E-state index contributed by atoms with van der Waals surface area (Å²) in [6.45, 7) is 3.22. The fraction of sp³-hybridized carbons (Fsp3) is 0.714. The Bertz CT molecular complexity index is 439. The molecule has 0 bridgehead atoms. The van der Waals surface area contributed by atoms with Crippen LogP contribution in [0.5, 0.6) is 0 Å². The van der Waals surface area contributed by atoms with E-state index in [1.54, 1.807) is 13.2 Å². The molecule has 0 unspecified atom stereocenters.